The fourth-order valence-corrected chi connectivity index (χ4v) is 2.36. The van der Waals surface area contributed by atoms with E-state index in [1.54, 1.807) is 14.2 Å². The second-order valence-electron chi connectivity index (χ2n) is 4.74. The van der Waals surface area contributed by atoms with Crippen LogP contribution < -0.4 is 0 Å². The number of ether oxygens (including phenoxy) is 2. The van der Waals surface area contributed by atoms with Gasteiger partial charge >= 0.3 is 0 Å². The fraction of sp³-hybridized carbons (Fsp3) is 0.467. The summed E-state index contributed by atoms with van der Waals surface area (Å²) in [4.78, 5) is 2.12. The first-order chi connectivity index (χ1) is 9.65. The SMILES string of the molecule is COC(CN1CC=C(c2c(F)cccc2F)CC1)OC. The number of hydrogen-bond acceptors (Lipinski definition) is 3. The lowest BCUT2D eigenvalue weighted by molar-refractivity contribution is -0.115. The molecule has 1 aliphatic heterocycles. The zero-order chi connectivity index (χ0) is 14.5. The van der Waals surface area contributed by atoms with Gasteiger partial charge in [-0.15, -0.1) is 0 Å². The first-order valence-corrected chi connectivity index (χ1v) is 6.57. The van der Waals surface area contributed by atoms with Gasteiger partial charge < -0.3 is 9.47 Å². The Hall–Kier alpha value is -1.30. The molecule has 0 saturated carbocycles. The molecule has 1 aliphatic rings. The number of nitrogens with zero attached hydrogens (tertiary/aromatic N) is 1. The van der Waals surface area contributed by atoms with Crippen molar-refractivity contribution in [2.45, 2.75) is 12.7 Å². The summed E-state index contributed by atoms with van der Waals surface area (Å²) in [6.07, 6.45) is 2.20. The first-order valence-electron chi connectivity index (χ1n) is 6.57. The van der Waals surface area contributed by atoms with Gasteiger partial charge in [-0.25, -0.2) is 8.78 Å². The van der Waals surface area contributed by atoms with Crippen molar-refractivity contribution in [1.29, 1.82) is 0 Å². The molecule has 0 N–H and O–H groups in total. The predicted octanol–water partition coefficient (Wildman–Crippen LogP) is 2.67. The molecule has 0 fully saturated rings. The number of rotatable bonds is 5. The summed E-state index contributed by atoms with van der Waals surface area (Å²) in [5, 5.41) is 0. The molecule has 1 heterocycles. The lowest BCUT2D eigenvalue weighted by Gasteiger charge is -2.29. The normalized spacial score (nSPS) is 16.6. The molecule has 110 valence electrons. The maximum atomic E-state index is 13.7. The van der Waals surface area contributed by atoms with Gasteiger partial charge in [0.15, 0.2) is 6.29 Å². The summed E-state index contributed by atoms with van der Waals surface area (Å²) in [7, 11) is 3.18. The second-order valence-corrected chi connectivity index (χ2v) is 4.74. The maximum absolute atomic E-state index is 13.7. The molecule has 0 atom stereocenters. The van der Waals surface area contributed by atoms with Gasteiger partial charge in [0.1, 0.15) is 11.6 Å². The van der Waals surface area contributed by atoms with Crippen molar-refractivity contribution in [2.24, 2.45) is 0 Å². The van der Waals surface area contributed by atoms with Gasteiger partial charge in [0.05, 0.1) is 0 Å². The Morgan fingerprint density at radius 3 is 2.35 bits per heavy atom. The van der Waals surface area contributed by atoms with Crippen LogP contribution in [0.5, 0.6) is 0 Å². The summed E-state index contributed by atoms with van der Waals surface area (Å²) < 4.78 is 37.7. The van der Waals surface area contributed by atoms with E-state index in [1.165, 1.54) is 18.2 Å². The minimum atomic E-state index is -0.503. The van der Waals surface area contributed by atoms with Crippen LogP contribution in [0.1, 0.15) is 12.0 Å². The summed E-state index contributed by atoms with van der Waals surface area (Å²) in [5.41, 5.74) is 0.824. The van der Waals surface area contributed by atoms with Crippen molar-refractivity contribution in [3.05, 3.63) is 41.5 Å². The molecular formula is C15H19F2NO2. The Kier molecular flexibility index (Phi) is 5.23. The van der Waals surface area contributed by atoms with Gasteiger partial charge in [-0.3, -0.25) is 4.90 Å². The minimum absolute atomic E-state index is 0.0992. The smallest absolute Gasteiger partial charge is 0.169 e. The Bertz CT molecular complexity index is 467. The van der Waals surface area contributed by atoms with Crippen molar-refractivity contribution in [1.82, 2.24) is 4.90 Å². The van der Waals surface area contributed by atoms with E-state index in [9.17, 15) is 8.78 Å². The molecule has 0 spiro atoms. The van der Waals surface area contributed by atoms with Crippen molar-refractivity contribution in [3.8, 4) is 0 Å². The lowest BCUT2D eigenvalue weighted by atomic mass is 9.98. The topological polar surface area (TPSA) is 21.7 Å². The van der Waals surface area contributed by atoms with Gasteiger partial charge in [0.25, 0.3) is 0 Å². The van der Waals surface area contributed by atoms with Gasteiger partial charge in [-0.05, 0) is 24.1 Å². The van der Waals surface area contributed by atoms with Crippen LogP contribution in [0.15, 0.2) is 24.3 Å². The molecular weight excluding hydrogens is 264 g/mol. The third-order valence-corrected chi connectivity index (χ3v) is 3.51. The summed E-state index contributed by atoms with van der Waals surface area (Å²) in [5.74, 6) is -1.01. The molecule has 0 aliphatic carbocycles. The van der Waals surface area contributed by atoms with Crippen LogP contribution in [-0.2, 0) is 9.47 Å². The summed E-state index contributed by atoms with van der Waals surface area (Å²) in [6, 6.07) is 3.96. The first kappa shape index (κ1) is 15.1. The second kappa shape index (κ2) is 6.92. The highest BCUT2D eigenvalue weighted by Gasteiger charge is 2.20. The van der Waals surface area contributed by atoms with E-state index in [2.05, 4.69) is 4.90 Å². The molecule has 1 aromatic carbocycles. The minimum Gasteiger partial charge on any atom is -0.355 e. The van der Waals surface area contributed by atoms with E-state index < -0.39 is 11.6 Å². The third kappa shape index (κ3) is 3.42. The van der Waals surface area contributed by atoms with E-state index >= 15 is 0 Å². The molecule has 0 saturated heterocycles. The maximum Gasteiger partial charge on any atom is 0.169 e. The van der Waals surface area contributed by atoms with Crippen molar-refractivity contribution >= 4 is 5.57 Å². The Morgan fingerprint density at radius 2 is 1.85 bits per heavy atom. The average Bonchev–Trinajstić information content (AvgIpc) is 2.46. The van der Waals surface area contributed by atoms with E-state index in [4.69, 9.17) is 9.47 Å². The Labute approximate surface area is 117 Å². The number of methoxy groups -OCH3 is 2. The molecule has 3 nitrogen and oxygen atoms in total. The van der Waals surface area contributed by atoms with Crippen LogP contribution in [-0.4, -0.2) is 45.0 Å². The van der Waals surface area contributed by atoms with Crippen LogP contribution in [0.4, 0.5) is 8.78 Å². The van der Waals surface area contributed by atoms with Crippen LogP contribution in [0, 0.1) is 11.6 Å². The molecule has 0 radical (unpaired) electrons. The number of halogens is 2. The van der Waals surface area contributed by atoms with Crippen molar-refractivity contribution < 1.29 is 18.3 Å². The highest BCUT2D eigenvalue weighted by atomic mass is 19.1. The van der Waals surface area contributed by atoms with E-state index in [0.29, 0.717) is 19.5 Å². The molecule has 0 bridgehead atoms. The molecule has 0 unspecified atom stereocenters. The zero-order valence-corrected chi connectivity index (χ0v) is 11.7. The molecule has 5 heteroatoms. The fourth-order valence-electron chi connectivity index (χ4n) is 2.36. The number of benzene rings is 1. The predicted molar refractivity (Wildman–Crippen MR) is 73.2 cm³/mol. The quantitative estimate of drug-likeness (QED) is 0.776. The zero-order valence-electron chi connectivity index (χ0n) is 11.7. The van der Waals surface area contributed by atoms with Crippen molar-refractivity contribution in [2.75, 3.05) is 33.9 Å². The van der Waals surface area contributed by atoms with Gasteiger partial charge in [0.2, 0.25) is 0 Å². The van der Waals surface area contributed by atoms with Crippen molar-refractivity contribution in [3.63, 3.8) is 0 Å². The highest BCUT2D eigenvalue weighted by Crippen LogP contribution is 2.27. The van der Waals surface area contributed by atoms with Crippen LogP contribution in [0.3, 0.4) is 0 Å². The highest BCUT2D eigenvalue weighted by molar-refractivity contribution is 5.67. The molecule has 20 heavy (non-hydrogen) atoms. The monoisotopic (exact) mass is 283 g/mol. The van der Waals surface area contributed by atoms with Crippen LogP contribution in [0.2, 0.25) is 0 Å². The molecule has 1 aromatic rings. The van der Waals surface area contributed by atoms with E-state index in [1.807, 2.05) is 6.08 Å². The third-order valence-electron chi connectivity index (χ3n) is 3.51. The molecule has 0 aromatic heterocycles. The lowest BCUT2D eigenvalue weighted by Crippen LogP contribution is -2.37. The van der Waals surface area contributed by atoms with E-state index in [-0.39, 0.29) is 11.9 Å². The van der Waals surface area contributed by atoms with Gasteiger partial charge in [0, 0.05) is 39.4 Å². The largest absolute Gasteiger partial charge is 0.355 e. The van der Waals surface area contributed by atoms with Gasteiger partial charge in [-0.2, -0.15) is 0 Å². The summed E-state index contributed by atoms with van der Waals surface area (Å²) in [6.45, 7) is 1.99. The summed E-state index contributed by atoms with van der Waals surface area (Å²) >= 11 is 0. The Morgan fingerprint density at radius 1 is 1.20 bits per heavy atom. The molecule has 2 rings (SSSR count). The van der Waals surface area contributed by atoms with E-state index in [0.717, 1.165) is 12.1 Å². The standard InChI is InChI=1S/C15H19F2NO2/c1-19-14(20-2)10-18-8-6-11(7-9-18)15-12(16)4-3-5-13(15)17/h3-6,14H,7-10H2,1-2H3. The number of hydrogen-bond donors (Lipinski definition) is 0. The Balaban J connectivity index is 2.06. The van der Waals surface area contributed by atoms with Crippen LogP contribution in [0.25, 0.3) is 5.57 Å². The van der Waals surface area contributed by atoms with Crippen LogP contribution >= 0.6 is 0 Å². The molecule has 0 amide bonds. The average molecular weight is 283 g/mol. The van der Waals surface area contributed by atoms with Gasteiger partial charge in [-0.1, -0.05) is 12.1 Å².